The van der Waals surface area contributed by atoms with Gasteiger partial charge in [0.05, 0.1) is 8.95 Å². The maximum atomic E-state index is 8.78. The minimum Gasteiger partial charge on any atom is -0.474 e. The fourth-order valence-electron chi connectivity index (χ4n) is 1.54. The van der Waals surface area contributed by atoms with Crippen molar-refractivity contribution in [2.75, 3.05) is 6.54 Å². The van der Waals surface area contributed by atoms with Gasteiger partial charge in [0, 0.05) is 6.54 Å². The van der Waals surface area contributed by atoms with Gasteiger partial charge >= 0.3 is 0 Å². The summed E-state index contributed by atoms with van der Waals surface area (Å²) in [5.74, 6) is 1.30. The standard InChI is InChI=1S/C14H18Br2N2O/c1-9(2)7-18-8-11-4-12(15)14(13(16)5-11)19-10(3)6-17/h4-5,9-10,18H,7-8H2,1-3H3. The van der Waals surface area contributed by atoms with E-state index in [1.165, 1.54) is 0 Å². The molecule has 0 saturated heterocycles. The van der Waals surface area contributed by atoms with E-state index in [1.54, 1.807) is 6.92 Å². The molecule has 19 heavy (non-hydrogen) atoms. The first-order chi connectivity index (χ1) is 8.93. The Hall–Kier alpha value is -0.570. The molecule has 0 amide bonds. The van der Waals surface area contributed by atoms with Crippen molar-refractivity contribution in [1.29, 1.82) is 5.26 Å². The molecule has 0 spiro atoms. The van der Waals surface area contributed by atoms with Gasteiger partial charge in [-0.25, -0.2) is 0 Å². The summed E-state index contributed by atoms with van der Waals surface area (Å²) in [7, 11) is 0. The molecule has 3 nitrogen and oxygen atoms in total. The van der Waals surface area contributed by atoms with Gasteiger partial charge in [-0.05, 0) is 68.9 Å². The highest BCUT2D eigenvalue weighted by molar-refractivity contribution is 9.11. The molecule has 0 saturated carbocycles. The number of ether oxygens (including phenoxy) is 1. The van der Waals surface area contributed by atoms with E-state index in [0.29, 0.717) is 11.7 Å². The molecule has 0 radical (unpaired) electrons. The normalized spacial score (nSPS) is 12.3. The lowest BCUT2D eigenvalue weighted by Gasteiger charge is -2.14. The number of hydrogen-bond acceptors (Lipinski definition) is 3. The van der Waals surface area contributed by atoms with Gasteiger partial charge in [0.2, 0.25) is 0 Å². The minimum atomic E-state index is -0.475. The molecule has 0 bridgehead atoms. The number of nitriles is 1. The molecule has 0 aliphatic carbocycles. The summed E-state index contributed by atoms with van der Waals surface area (Å²) >= 11 is 6.97. The van der Waals surface area contributed by atoms with Gasteiger partial charge in [-0.1, -0.05) is 13.8 Å². The molecule has 0 aliphatic rings. The number of rotatable bonds is 6. The highest BCUT2D eigenvalue weighted by atomic mass is 79.9. The molecule has 0 aromatic heterocycles. The van der Waals surface area contributed by atoms with E-state index in [9.17, 15) is 0 Å². The third-order valence-electron chi connectivity index (χ3n) is 2.42. The van der Waals surface area contributed by atoms with Crippen molar-refractivity contribution in [3.05, 3.63) is 26.6 Å². The summed E-state index contributed by atoms with van der Waals surface area (Å²) in [6, 6.07) is 6.08. The van der Waals surface area contributed by atoms with Crippen molar-refractivity contribution in [2.24, 2.45) is 5.92 Å². The fourth-order valence-corrected chi connectivity index (χ4v) is 3.00. The summed E-state index contributed by atoms with van der Waals surface area (Å²) < 4.78 is 7.25. The smallest absolute Gasteiger partial charge is 0.181 e. The molecule has 1 aromatic rings. The maximum absolute atomic E-state index is 8.78. The van der Waals surface area contributed by atoms with Gasteiger partial charge in [0.25, 0.3) is 0 Å². The average molecular weight is 390 g/mol. The predicted octanol–water partition coefficient (Wildman–Crippen LogP) is 4.25. The van der Waals surface area contributed by atoms with Gasteiger partial charge in [-0.3, -0.25) is 0 Å². The topological polar surface area (TPSA) is 45.0 Å². The molecule has 104 valence electrons. The second kappa shape index (κ2) is 7.88. The van der Waals surface area contributed by atoms with Crippen molar-refractivity contribution in [3.63, 3.8) is 0 Å². The van der Waals surface area contributed by atoms with E-state index in [4.69, 9.17) is 10.00 Å². The van der Waals surface area contributed by atoms with Crippen molar-refractivity contribution in [2.45, 2.75) is 33.4 Å². The number of benzene rings is 1. The summed E-state index contributed by atoms with van der Waals surface area (Å²) in [6.07, 6.45) is -0.475. The zero-order chi connectivity index (χ0) is 14.4. The molecule has 1 atom stereocenters. The SMILES string of the molecule is CC(C)CNCc1cc(Br)c(OC(C)C#N)c(Br)c1. The van der Waals surface area contributed by atoms with Crippen LogP contribution in [-0.4, -0.2) is 12.6 Å². The molecule has 1 unspecified atom stereocenters. The zero-order valence-corrected chi connectivity index (χ0v) is 14.5. The third kappa shape index (κ3) is 5.52. The molecular weight excluding hydrogens is 372 g/mol. The van der Waals surface area contributed by atoms with Crippen molar-refractivity contribution in [1.82, 2.24) is 5.32 Å². The lowest BCUT2D eigenvalue weighted by Crippen LogP contribution is -2.19. The molecule has 1 rings (SSSR count). The lowest BCUT2D eigenvalue weighted by molar-refractivity contribution is 0.273. The molecular formula is C14H18Br2N2O. The van der Waals surface area contributed by atoms with E-state index in [1.807, 2.05) is 12.1 Å². The van der Waals surface area contributed by atoms with Crippen molar-refractivity contribution < 1.29 is 4.74 Å². The Balaban J connectivity index is 2.76. The summed E-state index contributed by atoms with van der Waals surface area (Å²) in [6.45, 7) is 7.87. The van der Waals surface area contributed by atoms with Crippen molar-refractivity contribution in [3.8, 4) is 11.8 Å². The second-order valence-electron chi connectivity index (χ2n) is 4.80. The first-order valence-electron chi connectivity index (χ1n) is 6.19. The number of halogens is 2. The quantitative estimate of drug-likeness (QED) is 0.790. The average Bonchev–Trinajstić information content (AvgIpc) is 2.33. The van der Waals surface area contributed by atoms with Crippen LogP contribution in [0.4, 0.5) is 0 Å². The van der Waals surface area contributed by atoms with Crippen molar-refractivity contribution >= 4 is 31.9 Å². The largest absolute Gasteiger partial charge is 0.474 e. The van der Waals surface area contributed by atoms with Crippen LogP contribution in [0.3, 0.4) is 0 Å². The summed E-state index contributed by atoms with van der Waals surface area (Å²) in [4.78, 5) is 0. The zero-order valence-electron chi connectivity index (χ0n) is 11.3. The fraction of sp³-hybridized carbons (Fsp3) is 0.500. The Bertz CT molecular complexity index is 446. The molecule has 0 heterocycles. The maximum Gasteiger partial charge on any atom is 0.181 e. The van der Waals surface area contributed by atoms with Crippen LogP contribution in [0.2, 0.25) is 0 Å². The van der Waals surface area contributed by atoms with Crippen LogP contribution in [-0.2, 0) is 6.54 Å². The van der Waals surface area contributed by atoms with E-state index in [0.717, 1.165) is 27.6 Å². The lowest BCUT2D eigenvalue weighted by atomic mass is 10.2. The van der Waals surface area contributed by atoms with Gasteiger partial charge in [0.1, 0.15) is 11.8 Å². The highest BCUT2D eigenvalue weighted by Gasteiger charge is 2.12. The van der Waals surface area contributed by atoms with E-state index >= 15 is 0 Å². The van der Waals surface area contributed by atoms with Gasteiger partial charge < -0.3 is 10.1 Å². The highest BCUT2D eigenvalue weighted by Crippen LogP contribution is 2.35. The van der Waals surface area contributed by atoms with Gasteiger partial charge in [-0.15, -0.1) is 0 Å². The Morgan fingerprint density at radius 3 is 2.32 bits per heavy atom. The first-order valence-corrected chi connectivity index (χ1v) is 7.77. The second-order valence-corrected chi connectivity index (χ2v) is 6.51. The molecule has 1 N–H and O–H groups in total. The molecule has 1 aromatic carbocycles. The molecule has 0 aliphatic heterocycles. The Kier molecular flexibility index (Phi) is 6.84. The molecule has 5 heteroatoms. The number of hydrogen-bond donors (Lipinski definition) is 1. The van der Waals surface area contributed by atoms with Crippen LogP contribution < -0.4 is 10.1 Å². The van der Waals surface area contributed by atoms with Crippen LogP contribution >= 0.6 is 31.9 Å². The van der Waals surface area contributed by atoms with Gasteiger partial charge in [-0.2, -0.15) is 5.26 Å². The van der Waals surface area contributed by atoms with Gasteiger partial charge in [0.15, 0.2) is 6.10 Å². The third-order valence-corrected chi connectivity index (χ3v) is 3.59. The van der Waals surface area contributed by atoms with E-state index in [2.05, 4.69) is 57.1 Å². The Labute approximate surface area is 131 Å². The van der Waals surface area contributed by atoms with Crippen LogP contribution in [0.1, 0.15) is 26.3 Å². The van der Waals surface area contributed by atoms with E-state index < -0.39 is 6.10 Å². The van der Waals surface area contributed by atoms with E-state index in [-0.39, 0.29) is 0 Å². The minimum absolute atomic E-state index is 0.475. The summed E-state index contributed by atoms with van der Waals surface area (Å²) in [5.41, 5.74) is 1.16. The monoisotopic (exact) mass is 388 g/mol. The Morgan fingerprint density at radius 2 is 1.84 bits per heavy atom. The number of nitrogens with zero attached hydrogens (tertiary/aromatic N) is 1. The van der Waals surface area contributed by atoms with Crippen LogP contribution in [0.15, 0.2) is 21.1 Å². The predicted molar refractivity (Wildman–Crippen MR) is 84.1 cm³/mol. The van der Waals surface area contributed by atoms with Crippen LogP contribution in [0, 0.1) is 17.2 Å². The van der Waals surface area contributed by atoms with Crippen LogP contribution in [0.5, 0.6) is 5.75 Å². The number of nitrogens with one attached hydrogen (secondary N) is 1. The first kappa shape index (κ1) is 16.5. The van der Waals surface area contributed by atoms with Crippen LogP contribution in [0.25, 0.3) is 0 Å². The molecule has 0 fully saturated rings. The summed E-state index contributed by atoms with van der Waals surface area (Å²) in [5, 5.41) is 12.2. The Morgan fingerprint density at radius 1 is 1.26 bits per heavy atom.